The molecule has 0 spiro atoms. The fraction of sp³-hybridized carbons (Fsp3) is 0. The number of benzene rings is 2. The zero-order valence-corrected chi connectivity index (χ0v) is 10.9. The number of rotatable bonds is 4. The van der Waals surface area contributed by atoms with Gasteiger partial charge in [-0.2, -0.15) is 0 Å². The molecule has 0 saturated heterocycles. The molecule has 0 amide bonds. The quantitative estimate of drug-likeness (QED) is 0.385. The molecule has 2 rings (SSSR count). The fourth-order valence-electron chi connectivity index (χ4n) is 1.74. The van der Waals surface area contributed by atoms with Crippen LogP contribution in [0, 0.1) is 0 Å². The van der Waals surface area contributed by atoms with Crippen molar-refractivity contribution < 1.29 is 4.79 Å². The average molecular weight is 265 g/mol. The number of allylic oxidation sites excluding steroid dienone is 1. The van der Waals surface area contributed by atoms with Crippen LogP contribution in [0.5, 0.6) is 0 Å². The predicted molar refractivity (Wildman–Crippen MR) is 81.7 cm³/mol. The van der Waals surface area contributed by atoms with E-state index in [1.165, 1.54) is 6.08 Å². The van der Waals surface area contributed by atoms with Crippen LogP contribution in [0.1, 0.15) is 15.9 Å². The van der Waals surface area contributed by atoms with Gasteiger partial charge in [-0.05, 0) is 23.8 Å². The fourth-order valence-corrected chi connectivity index (χ4v) is 1.74. The Morgan fingerprint density at radius 2 is 1.60 bits per heavy atom. The van der Waals surface area contributed by atoms with Gasteiger partial charge < -0.3 is 11.5 Å². The maximum Gasteiger partial charge on any atom is 0.191 e. The number of guanidine groups is 1. The summed E-state index contributed by atoms with van der Waals surface area (Å²) in [5, 5.41) is 0. The normalized spacial score (nSPS) is 10.4. The van der Waals surface area contributed by atoms with Gasteiger partial charge in [0.1, 0.15) is 0 Å². The van der Waals surface area contributed by atoms with Crippen LogP contribution in [0.4, 0.5) is 5.69 Å². The van der Waals surface area contributed by atoms with Gasteiger partial charge in [-0.15, -0.1) is 0 Å². The summed E-state index contributed by atoms with van der Waals surface area (Å²) in [6, 6.07) is 16.5. The summed E-state index contributed by atoms with van der Waals surface area (Å²) in [4.78, 5) is 16.1. The second-order valence-corrected chi connectivity index (χ2v) is 4.16. The van der Waals surface area contributed by atoms with Gasteiger partial charge in [0.15, 0.2) is 11.7 Å². The molecule has 4 N–H and O–H groups in total. The molecule has 0 aliphatic carbocycles. The van der Waals surface area contributed by atoms with Gasteiger partial charge in [0.05, 0.1) is 5.69 Å². The van der Waals surface area contributed by atoms with Crippen LogP contribution in [0.15, 0.2) is 65.7 Å². The van der Waals surface area contributed by atoms with Crippen LogP contribution in [-0.4, -0.2) is 11.7 Å². The molecule has 4 nitrogen and oxygen atoms in total. The van der Waals surface area contributed by atoms with Crippen LogP contribution in [0.25, 0.3) is 6.08 Å². The lowest BCUT2D eigenvalue weighted by atomic mass is 10.1. The van der Waals surface area contributed by atoms with E-state index in [1.807, 2.05) is 30.3 Å². The monoisotopic (exact) mass is 265 g/mol. The molecule has 20 heavy (non-hydrogen) atoms. The lowest BCUT2D eigenvalue weighted by Crippen LogP contribution is -2.22. The highest BCUT2D eigenvalue weighted by atomic mass is 16.1. The number of hydrogen-bond donors (Lipinski definition) is 2. The van der Waals surface area contributed by atoms with Crippen molar-refractivity contribution in [3.8, 4) is 0 Å². The van der Waals surface area contributed by atoms with E-state index < -0.39 is 0 Å². The summed E-state index contributed by atoms with van der Waals surface area (Å²) in [5.74, 6) is -0.216. The first-order valence-corrected chi connectivity index (χ1v) is 6.13. The molecule has 0 aliphatic heterocycles. The number of aliphatic imine (C=N–C) groups is 1. The Hall–Kier alpha value is -2.88. The molecule has 2 aromatic carbocycles. The summed E-state index contributed by atoms with van der Waals surface area (Å²) in [7, 11) is 0. The molecule has 0 saturated carbocycles. The zero-order chi connectivity index (χ0) is 14.4. The molecule has 0 aromatic heterocycles. The summed E-state index contributed by atoms with van der Waals surface area (Å²) < 4.78 is 0. The Balaban J connectivity index is 2.26. The molecule has 0 atom stereocenters. The first-order chi connectivity index (χ1) is 9.66. The molecular formula is C16H15N3O. The number of hydrogen-bond acceptors (Lipinski definition) is 2. The van der Waals surface area contributed by atoms with Crippen molar-refractivity contribution in [3.63, 3.8) is 0 Å². The van der Waals surface area contributed by atoms with Crippen molar-refractivity contribution in [3.05, 3.63) is 71.8 Å². The van der Waals surface area contributed by atoms with Crippen molar-refractivity contribution in [2.24, 2.45) is 16.5 Å². The third kappa shape index (κ3) is 3.55. The topological polar surface area (TPSA) is 81.5 Å². The molecule has 0 fully saturated rings. The Kier molecular flexibility index (Phi) is 4.29. The SMILES string of the molecule is NC(N)=Nc1ccccc1C(=O)/C=C/c1ccccc1. The smallest absolute Gasteiger partial charge is 0.191 e. The van der Waals surface area contributed by atoms with Crippen molar-refractivity contribution in [1.29, 1.82) is 0 Å². The minimum atomic E-state index is -0.144. The van der Waals surface area contributed by atoms with Gasteiger partial charge in [0, 0.05) is 5.56 Å². The van der Waals surface area contributed by atoms with Crippen molar-refractivity contribution in [2.45, 2.75) is 0 Å². The molecule has 4 heteroatoms. The standard InChI is InChI=1S/C16H15N3O/c17-16(18)19-14-9-5-4-8-13(14)15(20)11-10-12-6-2-1-3-7-12/h1-11H,(H4,17,18,19)/b11-10+. The minimum absolute atomic E-state index is 0.0720. The van der Waals surface area contributed by atoms with E-state index in [1.54, 1.807) is 30.3 Å². The number of nitrogens with zero attached hydrogens (tertiary/aromatic N) is 1. The van der Waals surface area contributed by atoms with E-state index in [0.29, 0.717) is 11.3 Å². The minimum Gasteiger partial charge on any atom is -0.370 e. The number of ketones is 1. The van der Waals surface area contributed by atoms with Crippen LogP contribution in [0.3, 0.4) is 0 Å². The molecule has 2 aromatic rings. The molecule has 0 aliphatic rings. The lowest BCUT2D eigenvalue weighted by molar-refractivity contribution is 0.104. The third-order valence-corrected chi connectivity index (χ3v) is 2.65. The Bertz CT molecular complexity index is 656. The third-order valence-electron chi connectivity index (χ3n) is 2.65. The first kappa shape index (κ1) is 13.5. The van der Waals surface area contributed by atoms with E-state index in [2.05, 4.69) is 4.99 Å². The van der Waals surface area contributed by atoms with Crippen molar-refractivity contribution in [2.75, 3.05) is 0 Å². The van der Waals surface area contributed by atoms with Crippen molar-refractivity contribution in [1.82, 2.24) is 0 Å². The molecule has 100 valence electrons. The Labute approximate surface area is 117 Å². The van der Waals surface area contributed by atoms with E-state index in [0.717, 1.165) is 5.56 Å². The highest BCUT2D eigenvalue weighted by molar-refractivity contribution is 6.10. The highest BCUT2D eigenvalue weighted by Gasteiger charge is 2.07. The summed E-state index contributed by atoms with van der Waals surface area (Å²) >= 11 is 0. The van der Waals surface area contributed by atoms with E-state index in [9.17, 15) is 4.79 Å². The summed E-state index contributed by atoms with van der Waals surface area (Å²) in [6.07, 6.45) is 3.27. The van der Waals surface area contributed by atoms with E-state index in [-0.39, 0.29) is 11.7 Å². The van der Waals surface area contributed by atoms with Crippen LogP contribution >= 0.6 is 0 Å². The summed E-state index contributed by atoms with van der Waals surface area (Å²) in [5.41, 5.74) is 12.6. The molecular weight excluding hydrogens is 250 g/mol. The van der Waals surface area contributed by atoms with E-state index in [4.69, 9.17) is 11.5 Å². The van der Waals surface area contributed by atoms with Gasteiger partial charge in [0.25, 0.3) is 0 Å². The van der Waals surface area contributed by atoms with Crippen LogP contribution in [-0.2, 0) is 0 Å². The first-order valence-electron chi connectivity index (χ1n) is 6.13. The van der Waals surface area contributed by atoms with Crippen LogP contribution < -0.4 is 11.5 Å². The average Bonchev–Trinajstić information content (AvgIpc) is 2.46. The van der Waals surface area contributed by atoms with Gasteiger partial charge in [-0.1, -0.05) is 48.5 Å². The zero-order valence-electron chi connectivity index (χ0n) is 10.9. The van der Waals surface area contributed by atoms with Crippen molar-refractivity contribution >= 4 is 23.5 Å². The van der Waals surface area contributed by atoms with Crippen LogP contribution in [0.2, 0.25) is 0 Å². The molecule has 0 bridgehead atoms. The predicted octanol–water partition coefficient (Wildman–Crippen LogP) is 2.49. The molecule has 0 heterocycles. The Morgan fingerprint density at radius 3 is 2.30 bits per heavy atom. The maximum atomic E-state index is 12.2. The largest absolute Gasteiger partial charge is 0.370 e. The van der Waals surface area contributed by atoms with Gasteiger partial charge in [-0.3, -0.25) is 4.79 Å². The number of carbonyl (C=O) groups is 1. The highest BCUT2D eigenvalue weighted by Crippen LogP contribution is 2.19. The summed E-state index contributed by atoms with van der Waals surface area (Å²) in [6.45, 7) is 0. The maximum absolute atomic E-state index is 12.2. The Morgan fingerprint density at radius 1 is 0.950 bits per heavy atom. The van der Waals surface area contributed by atoms with Gasteiger partial charge >= 0.3 is 0 Å². The lowest BCUT2D eigenvalue weighted by Gasteiger charge is -2.02. The second kappa shape index (κ2) is 6.33. The van der Waals surface area contributed by atoms with E-state index >= 15 is 0 Å². The second-order valence-electron chi connectivity index (χ2n) is 4.16. The molecule has 0 unspecified atom stereocenters. The number of nitrogens with two attached hydrogens (primary N) is 2. The number of para-hydroxylation sites is 1. The van der Waals surface area contributed by atoms with Gasteiger partial charge in [0.2, 0.25) is 0 Å². The van der Waals surface area contributed by atoms with Gasteiger partial charge in [-0.25, -0.2) is 4.99 Å². The molecule has 0 radical (unpaired) electrons. The number of carbonyl (C=O) groups excluding carboxylic acids is 1.